The Balaban J connectivity index is 1.25. The van der Waals surface area contributed by atoms with Gasteiger partial charge in [-0.15, -0.1) is 10.2 Å². The van der Waals surface area contributed by atoms with Gasteiger partial charge in [-0.2, -0.15) is 0 Å². The lowest BCUT2D eigenvalue weighted by Crippen LogP contribution is -2.60. The Morgan fingerprint density at radius 2 is 1.89 bits per heavy atom. The van der Waals surface area contributed by atoms with E-state index in [0.717, 1.165) is 29.2 Å². The molecule has 4 aliphatic carbocycles. The molecule has 1 aromatic heterocycles. The Bertz CT molecular complexity index is 846. The molecule has 148 valence electrons. The molecule has 2 aromatic rings. The van der Waals surface area contributed by atoms with Gasteiger partial charge in [0.1, 0.15) is 12.1 Å². The third-order valence-electron chi connectivity index (χ3n) is 6.64. The SMILES string of the molecule is COc1ccccc1-n1cnnc1SCC(=O)NC12CC3CC(CC(C3)C1)C2. The molecular formula is C21H26N4O2S. The Morgan fingerprint density at radius 3 is 2.57 bits per heavy atom. The third-order valence-corrected chi connectivity index (χ3v) is 7.58. The highest BCUT2D eigenvalue weighted by atomic mass is 32.2. The number of methoxy groups -OCH3 is 1. The molecule has 1 amide bonds. The summed E-state index contributed by atoms with van der Waals surface area (Å²) in [6, 6.07) is 7.75. The lowest BCUT2D eigenvalue weighted by Gasteiger charge is -2.56. The quantitative estimate of drug-likeness (QED) is 0.755. The summed E-state index contributed by atoms with van der Waals surface area (Å²) in [6.07, 6.45) is 9.33. The van der Waals surface area contributed by atoms with Crippen LogP contribution >= 0.6 is 11.8 Å². The van der Waals surface area contributed by atoms with Crippen LogP contribution in [0.25, 0.3) is 5.69 Å². The zero-order valence-corrected chi connectivity index (χ0v) is 17.0. The molecule has 28 heavy (non-hydrogen) atoms. The van der Waals surface area contributed by atoms with E-state index in [-0.39, 0.29) is 11.4 Å². The van der Waals surface area contributed by atoms with E-state index in [0.29, 0.717) is 10.9 Å². The van der Waals surface area contributed by atoms with Crippen LogP contribution in [0.2, 0.25) is 0 Å². The number of carbonyl (C=O) groups is 1. The number of thioether (sulfide) groups is 1. The van der Waals surface area contributed by atoms with Gasteiger partial charge in [-0.05, 0) is 68.4 Å². The molecule has 6 rings (SSSR count). The van der Waals surface area contributed by atoms with Crippen molar-refractivity contribution in [2.45, 2.75) is 49.2 Å². The number of aromatic nitrogens is 3. The molecule has 1 heterocycles. The fourth-order valence-corrected chi connectivity index (χ4v) is 6.76. The van der Waals surface area contributed by atoms with E-state index >= 15 is 0 Å². The molecule has 0 spiro atoms. The Hall–Kier alpha value is -2.02. The average molecular weight is 399 g/mol. The topological polar surface area (TPSA) is 69.0 Å². The zero-order valence-electron chi connectivity index (χ0n) is 16.1. The minimum absolute atomic E-state index is 0.0583. The highest BCUT2D eigenvalue weighted by Gasteiger charge is 2.51. The number of benzene rings is 1. The van der Waals surface area contributed by atoms with Gasteiger partial charge >= 0.3 is 0 Å². The van der Waals surface area contributed by atoms with E-state index in [9.17, 15) is 4.79 Å². The molecular weight excluding hydrogens is 372 g/mol. The number of hydrogen-bond donors (Lipinski definition) is 1. The van der Waals surface area contributed by atoms with Gasteiger partial charge in [0, 0.05) is 5.54 Å². The second kappa shape index (κ2) is 7.10. The minimum Gasteiger partial charge on any atom is -0.495 e. The predicted molar refractivity (Wildman–Crippen MR) is 108 cm³/mol. The maximum atomic E-state index is 12.8. The molecule has 0 saturated heterocycles. The number of amides is 1. The van der Waals surface area contributed by atoms with Crippen LogP contribution in [0.5, 0.6) is 5.75 Å². The highest BCUT2D eigenvalue weighted by Crippen LogP contribution is 2.55. The van der Waals surface area contributed by atoms with E-state index in [4.69, 9.17) is 4.74 Å². The molecule has 4 aliphatic rings. The maximum Gasteiger partial charge on any atom is 0.230 e. The van der Waals surface area contributed by atoms with E-state index < -0.39 is 0 Å². The van der Waals surface area contributed by atoms with Gasteiger partial charge in [0.05, 0.1) is 18.6 Å². The summed E-state index contributed by atoms with van der Waals surface area (Å²) in [4.78, 5) is 12.8. The first-order valence-corrected chi connectivity index (χ1v) is 11.1. The van der Waals surface area contributed by atoms with Crippen LogP contribution in [0, 0.1) is 17.8 Å². The summed E-state index contributed by atoms with van der Waals surface area (Å²) in [5.74, 6) is 3.70. The van der Waals surface area contributed by atoms with E-state index in [1.165, 1.54) is 50.3 Å². The Kier molecular flexibility index (Phi) is 4.57. The number of nitrogens with one attached hydrogen (secondary N) is 1. The van der Waals surface area contributed by atoms with Gasteiger partial charge < -0.3 is 10.1 Å². The van der Waals surface area contributed by atoms with Gasteiger partial charge in [0.15, 0.2) is 5.16 Å². The number of carbonyl (C=O) groups excluding carboxylic acids is 1. The number of ether oxygens (including phenoxy) is 1. The fourth-order valence-electron chi connectivity index (χ4n) is 6.04. The predicted octanol–water partition coefficient (Wildman–Crippen LogP) is 3.45. The van der Waals surface area contributed by atoms with Crippen molar-refractivity contribution in [3.63, 3.8) is 0 Å². The summed E-state index contributed by atoms with van der Waals surface area (Å²) in [6.45, 7) is 0. The van der Waals surface area contributed by atoms with Gasteiger partial charge in [-0.25, -0.2) is 0 Å². The summed E-state index contributed by atoms with van der Waals surface area (Å²) < 4.78 is 7.32. The van der Waals surface area contributed by atoms with Crippen molar-refractivity contribution < 1.29 is 9.53 Å². The third kappa shape index (κ3) is 3.30. The maximum absolute atomic E-state index is 12.8. The van der Waals surface area contributed by atoms with Crippen molar-refractivity contribution in [2.24, 2.45) is 17.8 Å². The molecule has 1 N–H and O–H groups in total. The summed E-state index contributed by atoms with van der Waals surface area (Å²) in [5, 5.41) is 12.4. The molecule has 0 radical (unpaired) electrons. The van der Waals surface area contributed by atoms with E-state index in [1.807, 2.05) is 28.8 Å². The molecule has 0 unspecified atom stereocenters. The summed E-state index contributed by atoms with van der Waals surface area (Å²) in [7, 11) is 1.65. The first-order valence-electron chi connectivity index (χ1n) is 10.1. The number of rotatable bonds is 6. The molecule has 7 heteroatoms. The molecule has 4 fully saturated rings. The summed E-state index contributed by atoms with van der Waals surface area (Å²) >= 11 is 1.43. The van der Waals surface area contributed by atoms with Crippen molar-refractivity contribution in [1.82, 2.24) is 20.1 Å². The average Bonchev–Trinajstić information content (AvgIpc) is 3.13. The van der Waals surface area contributed by atoms with Gasteiger partial charge in [0.25, 0.3) is 0 Å². The zero-order chi connectivity index (χ0) is 19.1. The Labute approximate surface area is 169 Å². The van der Waals surface area contributed by atoms with Gasteiger partial charge in [0.2, 0.25) is 5.91 Å². The minimum atomic E-state index is 0.0583. The van der Waals surface area contributed by atoms with Crippen LogP contribution < -0.4 is 10.1 Å². The monoisotopic (exact) mass is 398 g/mol. The first kappa shape index (κ1) is 18.0. The van der Waals surface area contributed by atoms with Crippen molar-refractivity contribution in [1.29, 1.82) is 0 Å². The van der Waals surface area contributed by atoms with E-state index in [1.54, 1.807) is 13.4 Å². The molecule has 0 aliphatic heterocycles. The van der Waals surface area contributed by atoms with Gasteiger partial charge in [-0.3, -0.25) is 9.36 Å². The first-order chi connectivity index (χ1) is 13.6. The van der Waals surface area contributed by atoms with Crippen molar-refractivity contribution in [3.8, 4) is 11.4 Å². The molecule has 6 nitrogen and oxygen atoms in total. The summed E-state index contributed by atoms with van der Waals surface area (Å²) in [5.41, 5.74) is 0.932. The molecule has 0 atom stereocenters. The number of para-hydroxylation sites is 2. The van der Waals surface area contributed by atoms with Crippen molar-refractivity contribution in [3.05, 3.63) is 30.6 Å². The highest BCUT2D eigenvalue weighted by molar-refractivity contribution is 7.99. The normalized spacial score (nSPS) is 30.4. The molecule has 4 saturated carbocycles. The number of hydrogen-bond acceptors (Lipinski definition) is 5. The largest absolute Gasteiger partial charge is 0.495 e. The smallest absolute Gasteiger partial charge is 0.230 e. The lowest BCUT2D eigenvalue weighted by atomic mass is 9.53. The van der Waals surface area contributed by atoms with Crippen LogP contribution in [-0.4, -0.2) is 39.1 Å². The number of nitrogens with zero attached hydrogens (tertiary/aromatic N) is 3. The second-order valence-corrected chi connectivity index (χ2v) is 9.63. The van der Waals surface area contributed by atoms with Crippen molar-refractivity contribution >= 4 is 17.7 Å². The lowest BCUT2D eigenvalue weighted by molar-refractivity contribution is -0.124. The van der Waals surface area contributed by atoms with Crippen LogP contribution in [0.4, 0.5) is 0 Å². The van der Waals surface area contributed by atoms with E-state index in [2.05, 4.69) is 15.5 Å². The van der Waals surface area contributed by atoms with Crippen LogP contribution in [0.3, 0.4) is 0 Å². The van der Waals surface area contributed by atoms with Crippen LogP contribution in [0.1, 0.15) is 38.5 Å². The van der Waals surface area contributed by atoms with Gasteiger partial charge in [-0.1, -0.05) is 23.9 Å². The fraction of sp³-hybridized carbons (Fsp3) is 0.571. The molecule has 4 bridgehead atoms. The van der Waals surface area contributed by atoms with Crippen molar-refractivity contribution in [2.75, 3.05) is 12.9 Å². The van der Waals surface area contributed by atoms with Crippen LogP contribution in [0.15, 0.2) is 35.7 Å². The standard InChI is InChI=1S/C21H26N4O2S/c1-27-18-5-3-2-4-17(18)25-13-22-24-20(25)28-12-19(26)23-21-9-14-6-15(10-21)8-16(7-14)11-21/h2-5,13-16H,6-12H2,1H3,(H,23,26). The molecule has 1 aromatic carbocycles. The Morgan fingerprint density at radius 1 is 1.21 bits per heavy atom. The van der Waals surface area contributed by atoms with Crippen LogP contribution in [-0.2, 0) is 4.79 Å². The second-order valence-electron chi connectivity index (χ2n) is 8.69.